The predicted molar refractivity (Wildman–Crippen MR) is 97.3 cm³/mol. The van der Waals surface area contributed by atoms with E-state index in [2.05, 4.69) is 17.1 Å². The van der Waals surface area contributed by atoms with Crippen LogP contribution >= 0.6 is 24.8 Å². The summed E-state index contributed by atoms with van der Waals surface area (Å²) in [6.45, 7) is 7.47. The van der Waals surface area contributed by atoms with Crippen molar-refractivity contribution in [1.82, 2.24) is 10.2 Å². The number of halogens is 2. The number of amides is 1. The van der Waals surface area contributed by atoms with E-state index in [1.807, 2.05) is 19.1 Å². The minimum atomic E-state index is 0. The Morgan fingerprint density at radius 2 is 1.95 bits per heavy atom. The molecule has 4 nitrogen and oxygen atoms in total. The summed E-state index contributed by atoms with van der Waals surface area (Å²) in [6, 6.07) is 5.77. The molecule has 1 aromatic carbocycles. The van der Waals surface area contributed by atoms with Crippen LogP contribution < -0.4 is 11.1 Å². The highest BCUT2D eigenvalue weighted by molar-refractivity contribution is 5.96. The molecule has 0 spiro atoms. The van der Waals surface area contributed by atoms with Crippen molar-refractivity contribution in [1.29, 1.82) is 0 Å². The lowest BCUT2D eigenvalue weighted by atomic mass is 10.0. The number of nitrogens with zero attached hydrogens (tertiary/aromatic N) is 1. The molecule has 0 radical (unpaired) electrons. The number of nitrogens with one attached hydrogen (secondary N) is 1. The van der Waals surface area contributed by atoms with E-state index < -0.39 is 0 Å². The Bertz CT molecular complexity index is 474. The first kappa shape index (κ1) is 21.0. The number of piperidine rings is 1. The summed E-state index contributed by atoms with van der Waals surface area (Å²) in [5, 5.41) is 3.14. The number of carbonyl (C=O) groups excluding carboxylic acids is 1. The average Bonchev–Trinajstić information content (AvgIpc) is 2.44. The molecule has 0 bridgehead atoms. The Morgan fingerprint density at radius 1 is 1.32 bits per heavy atom. The number of likely N-dealkylation sites (tertiary alicyclic amines) is 1. The lowest BCUT2D eigenvalue weighted by molar-refractivity contribution is 0.0910. The molecule has 1 heterocycles. The third-order valence-corrected chi connectivity index (χ3v) is 3.97. The quantitative estimate of drug-likeness (QED) is 0.823. The summed E-state index contributed by atoms with van der Waals surface area (Å²) in [7, 11) is 0. The van der Waals surface area contributed by atoms with Crippen molar-refractivity contribution in [3.8, 4) is 0 Å². The Balaban J connectivity index is 0.00000220. The summed E-state index contributed by atoms with van der Waals surface area (Å²) in [5.74, 6) is 0.00346. The number of carbonyl (C=O) groups is 1. The first-order valence-electron chi connectivity index (χ1n) is 7.49. The van der Waals surface area contributed by atoms with Crippen LogP contribution in [0.25, 0.3) is 0 Å². The van der Waals surface area contributed by atoms with Crippen LogP contribution in [0.3, 0.4) is 0 Å². The summed E-state index contributed by atoms with van der Waals surface area (Å²) in [5.41, 5.74) is 8.07. The van der Waals surface area contributed by atoms with Crippen LogP contribution in [-0.2, 0) is 0 Å². The molecule has 0 saturated carbocycles. The molecule has 0 aromatic heterocycles. The normalized spacial score (nSPS) is 15.5. The first-order chi connectivity index (χ1) is 9.60. The fourth-order valence-electron chi connectivity index (χ4n) is 2.76. The number of hydrogen-bond acceptors (Lipinski definition) is 3. The van der Waals surface area contributed by atoms with Crippen molar-refractivity contribution in [2.24, 2.45) is 0 Å². The van der Waals surface area contributed by atoms with Crippen LogP contribution in [-0.4, -0.2) is 36.5 Å². The molecule has 22 heavy (non-hydrogen) atoms. The van der Waals surface area contributed by atoms with Gasteiger partial charge >= 0.3 is 0 Å². The molecular weight excluding hydrogens is 321 g/mol. The minimum Gasteiger partial charge on any atom is -0.399 e. The van der Waals surface area contributed by atoms with E-state index in [0.717, 1.165) is 38.0 Å². The van der Waals surface area contributed by atoms with Gasteiger partial charge in [0.1, 0.15) is 0 Å². The van der Waals surface area contributed by atoms with Crippen LogP contribution in [0.1, 0.15) is 42.1 Å². The van der Waals surface area contributed by atoms with Gasteiger partial charge in [-0.15, -0.1) is 24.8 Å². The number of rotatable bonds is 4. The second-order valence-corrected chi connectivity index (χ2v) is 5.66. The van der Waals surface area contributed by atoms with Crippen molar-refractivity contribution >= 4 is 36.4 Å². The van der Waals surface area contributed by atoms with Gasteiger partial charge in [0.25, 0.3) is 5.91 Å². The van der Waals surface area contributed by atoms with Crippen LogP contribution in [0.15, 0.2) is 18.2 Å². The Morgan fingerprint density at radius 3 is 2.55 bits per heavy atom. The lowest BCUT2D eigenvalue weighted by Gasteiger charge is -2.32. The number of hydrogen-bond donors (Lipinski definition) is 2. The smallest absolute Gasteiger partial charge is 0.251 e. The summed E-state index contributed by atoms with van der Waals surface area (Å²) >= 11 is 0. The van der Waals surface area contributed by atoms with Crippen molar-refractivity contribution in [2.75, 3.05) is 25.4 Å². The SMILES string of the molecule is CCCN1CCC(NC(=O)c2cc(N)ccc2C)CC1.Cl.Cl. The zero-order valence-corrected chi connectivity index (χ0v) is 14.9. The highest BCUT2D eigenvalue weighted by atomic mass is 35.5. The van der Waals surface area contributed by atoms with E-state index in [0.29, 0.717) is 11.3 Å². The van der Waals surface area contributed by atoms with Crippen LogP contribution in [0.2, 0.25) is 0 Å². The van der Waals surface area contributed by atoms with Gasteiger partial charge in [0.05, 0.1) is 0 Å². The lowest BCUT2D eigenvalue weighted by Crippen LogP contribution is -2.44. The highest BCUT2D eigenvalue weighted by Gasteiger charge is 2.21. The standard InChI is InChI=1S/C16H25N3O.2ClH/c1-3-8-19-9-6-14(7-10-19)18-16(20)15-11-13(17)5-4-12(15)2;;/h4-5,11,14H,3,6-10,17H2,1-2H3,(H,18,20);2*1H. The van der Waals surface area contributed by atoms with Crippen molar-refractivity contribution in [3.05, 3.63) is 29.3 Å². The van der Waals surface area contributed by atoms with E-state index in [1.165, 1.54) is 6.42 Å². The molecule has 1 aliphatic heterocycles. The number of nitrogen functional groups attached to an aromatic ring is 1. The summed E-state index contributed by atoms with van der Waals surface area (Å²) in [6.07, 6.45) is 3.26. The molecule has 1 amide bonds. The van der Waals surface area contributed by atoms with Gasteiger partial charge < -0.3 is 16.0 Å². The van der Waals surface area contributed by atoms with Crippen molar-refractivity contribution in [3.63, 3.8) is 0 Å². The summed E-state index contributed by atoms with van der Waals surface area (Å²) in [4.78, 5) is 14.8. The molecular formula is C16H27Cl2N3O. The third kappa shape index (κ3) is 5.67. The van der Waals surface area contributed by atoms with E-state index in [-0.39, 0.29) is 36.8 Å². The van der Waals surface area contributed by atoms with Crippen molar-refractivity contribution in [2.45, 2.75) is 39.2 Å². The van der Waals surface area contributed by atoms with Gasteiger partial charge in [-0.1, -0.05) is 13.0 Å². The molecule has 0 atom stereocenters. The minimum absolute atomic E-state index is 0. The molecule has 1 aliphatic rings. The second kappa shape index (κ2) is 9.93. The fraction of sp³-hybridized carbons (Fsp3) is 0.562. The molecule has 1 saturated heterocycles. The van der Waals surface area contributed by atoms with Gasteiger partial charge in [-0.25, -0.2) is 0 Å². The molecule has 3 N–H and O–H groups in total. The average molecular weight is 348 g/mol. The maximum atomic E-state index is 12.3. The number of benzene rings is 1. The van der Waals surface area contributed by atoms with Gasteiger partial charge in [0.15, 0.2) is 0 Å². The topological polar surface area (TPSA) is 58.4 Å². The van der Waals surface area contributed by atoms with Gasteiger partial charge in [0, 0.05) is 30.4 Å². The monoisotopic (exact) mass is 347 g/mol. The molecule has 126 valence electrons. The highest BCUT2D eigenvalue weighted by Crippen LogP contribution is 2.15. The van der Waals surface area contributed by atoms with Crippen molar-refractivity contribution < 1.29 is 4.79 Å². The van der Waals surface area contributed by atoms with Crippen LogP contribution in [0.5, 0.6) is 0 Å². The van der Waals surface area contributed by atoms with E-state index in [4.69, 9.17) is 5.73 Å². The maximum absolute atomic E-state index is 12.3. The predicted octanol–water partition coefficient (Wildman–Crippen LogP) is 3.03. The van der Waals surface area contributed by atoms with Gasteiger partial charge in [-0.2, -0.15) is 0 Å². The number of aryl methyl sites for hydroxylation is 1. The fourth-order valence-corrected chi connectivity index (χ4v) is 2.76. The largest absolute Gasteiger partial charge is 0.399 e. The Labute approximate surface area is 145 Å². The maximum Gasteiger partial charge on any atom is 0.251 e. The van der Waals surface area contributed by atoms with E-state index in [9.17, 15) is 4.79 Å². The van der Waals surface area contributed by atoms with E-state index in [1.54, 1.807) is 6.07 Å². The molecule has 2 rings (SSSR count). The molecule has 0 aliphatic carbocycles. The van der Waals surface area contributed by atoms with Crippen LogP contribution in [0, 0.1) is 6.92 Å². The Hall–Kier alpha value is -0.970. The van der Waals surface area contributed by atoms with Gasteiger partial charge in [-0.05, 0) is 50.4 Å². The third-order valence-electron chi connectivity index (χ3n) is 3.97. The van der Waals surface area contributed by atoms with Crippen LogP contribution in [0.4, 0.5) is 5.69 Å². The second-order valence-electron chi connectivity index (χ2n) is 5.66. The first-order valence-corrected chi connectivity index (χ1v) is 7.49. The molecule has 1 aromatic rings. The summed E-state index contributed by atoms with van der Waals surface area (Å²) < 4.78 is 0. The van der Waals surface area contributed by atoms with Gasteiger partial charge in [0.2, 0.25) is 0 Å². The Kier molecular flexibility index (Phi) is 9.49. The molecule has 1 fully saturated rings. The number of anilines is 1. The zero-order chi connectivity index (χ0) is 14.5. The number of nitrogens with two attached hydrogens (primary N) is 1. The zero-order valence-electron chi connectivity index (χ0n) is 13.3. The molecule has 0 unspecified atom stereocenters. The molecule has 6 heteroatoms. The van der Waals surface area contributed by atoms with Gasteiger partial charge in [-0.3, -0.25) is 4.79 Å². The van der Waals surface area contributed by atoms with E-state index >= 15 is 0 Å².